The number of thiophene rings is 1. The van der Waals surface area contributed by atoms with Crippen LogP contribution in [0.3, 0.4) is 0 Å². The topological polar surface area (TPSA) is 41.6 Å². The first kappa shape index (κ1) is 8.72. The number of nitrogens with one attached hydrogen (secondary N) is 1. The van der Waals surface area contributed by atoms with Crippen LogP contribution >= 0.6 is 22.9 Å². The van der Waals surface area contributed by atoms with E-state index in [4.69, 9.17) is 11.6 Å². The summed E-state index contributed by atoms with van der Waals surface area (Å²) in [6.07, 6.45) is 0. The van der Waals surface area contributed by atoms with Crippen LogP contribution in [0, 0.1) is 13.8 Å². The van der Waals surface area contributed by atoms with E-state index in [1.807, 2.05) is 19.2 Å². The number of hydrogen-bond donors (Lipinski definition) is 1. The van der Waals surface area contributed by atoms with Crippen LogP contribution in [0.1, 0.15) is 11.4 Å². The zero-order chi connectivity index (χ0) is 9.42. The number of nitrogens with zero attached hydrogens (tertiary/aromatic N) is 2. The van der Waals surface area contributed by atoms with E-state index in [2.05, 4.69) is 15.2 Å². The van der Waals surface area contributed by atoms with Gasteiger partial charge in [0, 0.05) is 0 Å². The number of halogens is 1. The van der Waals surface area contributed by atoms with Crippen molar-refractivity contribution in [3.63, 3.8) is 0 Å². The van der Waals surface area contributed by atoms with Crippen LogP contribution in [0.4, 0.5) is 0 Å². The van der Waals surface area contributed by atoms with Gasteiger partial charge in [-0.25, -0.2) is 4.98 Å². The molecule has 0 bridgehead atoms. The summed E-state index contributed by atoms with van der Waals surface area (Å²) in [5, 5.41) is 9.60. The molecule has 0 aliphatic rings. The van der Waals surface area contributed by atoms with E-state index in [1.54, 1.807) is 11.3 Å². The summed E-state index contributed by atoms with van der Waals surface area (Å²) in [5.74, 6) is 1.48. The minimum atomic E-state index is 0.681. The Hall–Kier alpha value is -0.870. The lowest BCUT2D eigenvalue weighted by Gasteiger charge is -1.89. The van der Waals surface area contributed by atoms with Gasteiger partial charge in [-0.3, -0.25) is 5.10 Å². The molecule has 2 heterocycles. The van der Waals surface area contributed by atoms with Gasteiger partial charge in [0.15, 0.2) is 5.82 Å². The van der Waals surface area contributed by atoms with Gasteiger partial charge in [-0.15, -0.1) is 11.3 Å². The molecule has 0 radical (unpaired) electrons. The second-order valence-electron chi connectivity index (χ2n) is 2.81. The van der Waals surface area contributed by atoms with Crippen LogP contribution in [-0.4, -0.2) is 15.2 Å². The Bertz CT molecular complexity index is 432. The van der Waals surface area contributed by atoms with E-state index >= 15 is 0 Å². The van der Waals surface area contributed by atoms with E-state index in [0.29, 0.717) is 5.82 Å². The van der Waals surface area contributed by atoms with Gasteiger partial charge in [-0.05, 0) is 24.8 Å². The molecule has 0 amide bonds. The van der Waals surface area contributed by atoms with Crippen molar-refractivity contribution in [2.45, 2.75) is 13.8 Å². The summed E-state index contributed by atoms with van der Waals surface area (Å²) >= 11 is 7.63. The summed E-state index contributed by atoms with van der Waals surface area (Å²) < 4.78 is 0. The van der Waals surface area contributed by atoms with Crippen molar-refractivity contribution in [3.8, 4) is 10.7 Å². The molecule has 2 aromatic rings. The van der Waals surface area contributed by atoms with Crippen molar-refractivity contribution in [1.82, 2.24) is 15.2 Å². The number of aromatic amines is 1. The van der Waals surface area contributed by atoms with E-state index in [0.717, 1.165) is 21.3 Å². The Morgan fingerprint density at radius 2 is 2.23 bits per heavy atom. The Balaban J connectivity index is 2.52. The predicted molar refractivity (Wildman–Crippen MR) is 54.2 cm³/mol. The Labute approximate surface area is 84.8 Å². The highest BCUT2D eigenvalue weighted by Crippen LogP contribution is 2.34. The zero-order valence-electron chi connectivity index (χ0n) is 7.26. The molecule has 0 fully saturated rings. The van der Waals surface area contributed by atoms with Gasteiger partial charge in [-0.1, -0.05) is 11.6 Å². The maximum atomic E-state index is 6.07. The maximum Gasteiger partial charge on any atom is 0.192 e. The SMILES string of the molecule is Cc1nc(-c2scc(C)c2Cl)n[nH]1. The lowest BCUT2D eigenvalue weighted by atomic mass is 10.3. The quantitative estimate of drug-likeness (QED) is 0.792. The average Bonchev–Trinajstić information content (AvgIpc) is 2.62. The van der Waals surface area contributed by atoms with E-state index in [1.165, 1.54) is 0 Å². The molecular weight excluding hydrogens is 206 g/mol. The average molecular weight is 214 g/mol. The summed E-state index contributed by atoms with van der Waals surface area (Å²) in [6.45, 7) is 3.84. The lowest BCUT2D eigenvalue weighted by molar-refractivity contribution is 1.04. The molecule has 0 aromatic carbocycles. The van der Waals surface area contributed by atoms with Gasteiger partial charge in [0.1, 0.15) is 5.82 Å². The first-order chi connectivity index (χ1) is 6.18. The second-order valence-corrected chi connectivity index (χ2v) is 4.06. The zero-order valence-corrected chi connectivity index (χ0v) is 8.83. The Morgan fingerprint density at radius 1 is 1.46 bits per heavy atom. The van der Waals surface area contributed by atoms with Gasteiger partial charge >= 0.3 is 0 Å². The highest BCUT2D eigenvalue weighted by molar-refractivity contribution is 7.14. The van der Waals surface area contributed by atoms with Gasteiger partial charge in [0.2, 0.25) is 0 Å². The minimum absolute atomic E-state index is 0.681. The monoisotopic (exact) mass is 213 g/mol. The Morgan fingerprint density at radius 3 is 2.69 bits per heavy atom. The molecule has 3 nitrogen and oxygen atoms in total. The molecule has 0 aliphatic heterocycles. The standard InChI is InChI=1S/C8H8ClN3S/c1-4-3-13-7(6(4)9)8-10-5(2)11-12-8/h3H,1-2H3,(H,10,11,12). The van der Waals surface area contributed by atoms with E-state index in [-0.39, 0.29) is 0 Å². The maximum absolute atomic E-state index is 6.07. The van der Waals surface area contributed by atoms with Crippen LogP contribution in [0.15, 0.2) is 5.38 Å². The van der Waals surface area contributed by atoms with Crippen LogP contribution in [0.25, 0.3) is 10.7 Å². The van der Waals surface area contributed by atoms with Crippen LogP contribution < -0.4 is 0 Å². The molecule has 2 aromatic heterocycles. The number of H-pyrrole nitrogens is 1. The fourth-order valence-electron chi connectivity index (χ4n) is 1.02. The third kappa shape index (κ3) is 1.47. The molecule has 0 spiro atoms. The third-order valence-corrected chi connectivity index (χ3v) is 3.39. The number of aromatic nitrogens is 3. The van der Waals surface area contributed by atoms with Gasteiger partial charge in [0.25, 0.3) is 0 Å². The summed E-state index contributed by atoms with van der Waals surface area (Å²) in [5.41, 5.74) is 1.07. The molecule has 5 heteroatoms. The molecule has 1 N–H and O–H groups in total. The molecule has 0 saturated heterocycles. The first-order valence-electron chi connectivity index (χ1n) is 3.81. The fraction of sp³-hybridized carbons (Fsp3) is 0.250. The molecule has 0 aliphatic carbocycles. The molecule has 0 saturated carbocycles. The van der Waals surface area contributed by atoms with Crippen molar-refractivity contribution in [2.24, 2.45) is 0 Å². The fourth-order valence-corrected chi connectivity index (χ4v) is 2.24. The number of hydrogen-bond acceptors (Lipinski definition) is 3. The molecule has 68 valence electrons. The van der Waals surface area contributed by atoms with Gasteiger partial charge in [0.05, 0.1) is 9.90 Å². The summed E-state index contributed by atoms with van der Waals surface area (Å²) in [6, 6.07) is 0. The largest absolute Gasteiger partial charge is 0.263 e. The van der Waals surface area contributed by atoms with Crippen molar-refractivity contribution in [1.29, 1.82) is 0 Å². The highest BCUT2D eigenvalue weighted by atomic mass is 35.5. The van der Waals surface area contributed by atoms with E-state index < -0.39 is 0 Å². The van der Waals surface area contributed by atoms with Crippen LogP contribution in [-0.2, 0) is 0 Å². The molecule has 13 heavy (non-hydrogen) atoms. The summed E-state index contributed by atoms with van der Waals surface area (Å²) in [4.78, 5) is 5.15. The molecule has 0 atom stereocenters. The van der Waals surface area contributed by atoms with E-state index in [9.17, 15) is 0 Å². The predicted octanol–water partition coefficient (Wildman–Crippen LogP) is 2.80. The van der Waals surface area contributed by atoms with Gasteiger partial charge in [-0.2, -0.15) is 5.10 Å². The normalized spacial score (nSPS) is 10.7. The first-order valence-corrected chi connectivity index (χ1v) is 5.07. The van der Waals surface area contributed by atoms with Crippen LogP contribution in [0.2, 0.25) is 5.02 Å². The molecular formula is C8H8ClN3S. The van der Waals surface area contributed by atoms with Crippen molar-refractivity contribution < 1.29 is 0 Å². The molecule has 0 unspecified atom stereocenters. The minimum Gasteiger partial charge on any atom is -0.263 e. The highest BCUT2D eigenvalue weighted by Gasteiger charge is 2.12. The second kappa shape index (κ2) is 3.12. The number of aryl methyl sites for hydroxylation is 2. The smallest absolute Gasteiger partial charge is 0.192 e. The Kier molecular flexibility index (Phi) is 2.09. The van der Waals surface area contributed by atoms with Crippen molar-refractivity contribution in [2.75, 3.05) is 0 Å². The third-order valence-electron chi connectivity index (χ3n) is 1.70. The number of rotatable bonds is 1. The summed E-state index contributed by atoms with van der Waals surface area (Å²) in [7, 11) is 0. The van der Waals surface area contributed by atoms with Crippen LogP contribution in [0.5, 0.6) is 0 Å². The van der Waals surface area contributed by atoms with Crippen molar-refractivity contribution >= 4 is 22.9 Å². The lowest BCUT2D eigenvalue weighted by Crippen LogP contribution is -1.76. The van der Waals surface area contributed by atoms with Crippen molar-refractivity contribution in [3.05, 3.63) is 21.8 Å². The molecule has 2 rings (SSSR count). The van der Waals surface area contributed by atoms with Gasteiger partial charge < -0.3 is 0 Å².